The van der Waals surface area contributed by atoms with Crippen molar-refractivity contribution < 1.29 is 14.2 Å². The van der Waals surface area contributed by atoms with E-state index >= 15 is 0 Å². The van der Waals surface area contributed by atoms with E-state index in [4.69, 9.17) is 14.2 Å². The van der Waals surface area contributed by atoms with Gasteiger partial charge in [0, 0.05) is 19.3 Å². The normalized spacial score (nSPS) is 12.2. The van der Waals surface area contributed by atoms with Crippen molar-refractivity contribution in [2.45, 2.75) is 39.2 Å². The Balaban J connectivity index is 2.67. The summed E-state index contributed by atoms with van der Waals surface area (Å²) in [5.74, 6) is 1.56. The fourth-order valence-electron chi connectivity index (χ4n) is 2.29. The highest BCUT2D eigenvalue weighted by atomic mass is 16.5. The van der Waals surface area contributed by atoms with Gasteiger partial charge in [-0.3, -0.25) is 0 Å². The van der Waals surface area contributed by atoms with Crippen LogP contribution in [-0.2, 0) is 11.2 Å². The van der Waals surface area contributed by atoms with Crippen LogP contribution in [0.25, 0.3) is 0 Å². The van der Waals surface area contributed by atoms with E-state index in [1.807, 2.05) is 13.0 Å². The lowest BCUT2D eigenvalue weighted by molar-refractivity contribution is 0.136. The summed E-state index contributed by atoms with van der Waals surface area (Å²) < 4.78 is 16.1. The minimum atomic E-state index is 0.426. The van der Waals surface area contributed by atoms with Gasteiger partial charge < -0.3 is 19.5 Å². The molecule has 21 heavy (non-hydrogen) atoms. The van der Waals surface area contributed by atoms with E-state index in [0.29, 0.717) is 6.04 Å². The zero-order valence-corrected chi connectivity index (χ0v) is 13.8. The minimum Gasteiger partial charge on any atom is -0.493 e. The number of nitrogens with one attached hydrogen (secondary N) is 1. The van der Waals surface area contributed by atoms with Gasteiger partial charge in [-0.25, -0.2) is 0 Å². The van der Waals surface area contributed by atoms with Crippen molar-refractivity contribution >= 4 is 0 Å². The van der Waals surface area contributed by atoms with Gasteiger partial charge in [-0.15, -0.1) is 0 Å². The van der Waals surface area contributed by atoms with E-state index in [-0.39, 0.29) is 0 Å². The molecule has 0 heterocycles. The van der Waals surface area contributed by atoms with Gasteiger partial charge in [-0.2, -0.15) is 0 Å². The fourth-order valence-corrected chi connectivity index (χ4v) is 2.29. The molecule has 0 aromatic heterocycles. The largest absolute Gasteiger partial charge is 0.493 e. The Hall–Kier alpha value is -1.26. The SMILES string of the molecule is CCCNC(CCOCC)Cc1ccc(OC)c(OC)c1. The van der Waals surface area contributed by atoms with Crippen LogP contribution in [0.2, 0.25) is 0 Å². The van der Waals surface area contributed by atoms with Crippen molar-refractivity contribution in [1.82, 2.24) is 5.32 Å². The van der Waals surface area contributed by atoms with E-state index in [9.17, 15) is 0 Å². The average molecular weight is 295 g/mol. The topological polar surface area (TPSA) is 39.7 Å². The molecule has 4 nitrogen and oxygen atoms in total. The average Bonchev–Trinajstić information content (AvgIpc) is 2.52. The standard InChI is InChI=1S/C17H29NO3/c1-5-10-18-15(9-11-21-6-2)12-14-7-8-16(19-3)17(13-14)20-4/h7-8,13,15,18H,5-6,9-12H2,1-4H3. The maximum Gasteiger partial charge on any atom is 0.160 e. The second-order valence-corrected chi connectivity index (χ2v) is 5.03. The monoisotopic (exact) mass is 295 g/mol. The molecule has 1 rings (SSSR count). The molecule has 4 heteroatoms. The Morgan fingerprint density at radius 3 is 2.48 bits per heavy atom. The maximum atomic E-state index is 5.48. The smallest absolute Gasteiger partial charge is 0.160 e. The Morgan fingerprint density at radius 1 is 1.10 bits per heavy atom. The second kappa shape index (κ2) is 10.5. The van der Waals surface area contributed by atoms with Crippen molar-refractivity contribution in [3.05, 3.63) is 23.8 Å². The van der Waals surface area contributed by atoms with Crippen LogP contribution in [0, 0.1) is 0 Å². The summed E-state index contributed by atoms with van der Waals surface area (Å²) in [6, 6.07) is 6.55. The summed E-state index contributed by atoms with van der Waals surface area (Å²) in [5, 5.41) is 3.59. The van der Waals surface area contributed by atoms with Gasteiger partial charge in [0.05, 0.1) is 14.2 Å². The minimum absolute atomic E-state index is 0.426. The molecule has 0 saturated carbocycles. The van der Waals surface area contributed by atoms with Gasteiger partial charge in [-0.1, -0.05) is 13.0 Å². The highest BCUT2D eigenvalue weighted by molar-refractivity contribution is 5.43. The van der Waals surface area contributed by atoms with Gasteiger partial charge in [0.1, 0.15) is 0 Å². The Bertz CT molecular complexity index is 396. The second-order valence-electron chi connectivity index (χ2n) is 5.03. The highest BCUT2D eigenvalue weighted by Gasteiger charge is 2.11. The predicted molar refractivity (Wildman–Crippen MR) is 86.4 cm³/mol. The molecule has 0 radical (unpaired) electrons. The first kappa shape index (κ1) is 17.8. The van der Waals surface area contributed by atoms with E-state index in [2.05, 4.69) is 24.4 Å². The van der Waals surface area contributed by atoms with E-state index in [1.165, 1.54) is 5.56 Å². The van der Waals surface area contributed by atoms with Crippen molar-refractivity contribution in [2.24, 2.45) is 0 Å². The first-order valence-electron chi connectivity index (χ1n) is 7.77. The van der Waals surface area contributed by atoms with Gasteiger partial charge in [0.15, 0.2) is 11.5 Å². The third-order valence-electron chi connectivity index (χ3n) is 3.43. The van der Waals surface area contributed by atoms with Crippen molar-refractivity contribution in [3.8, 4) is 11.5 Å². The lowest BCUT2D eigenvalue weighted by atomic mass is 10.0. The molecule has 0 amide bonds. The molecule has 1 N–H and O–H groups in total. The predicted octanol–water partition coefficient (Wildman–Crippen LogP) is 3.04. The van der Waals surface area contributed by atoms with Crippen LogP contribution in [0.15, 0.2) is 18.2 Å². The zero-order valence-electron chi connectivity index (χ0n) is 13.8. The van der Waals surface area contributed by atoms with Crippen molar-refractivity contribution in [3.63, 3.8) is 0 Å². The Morgan fingerprint density at radius 2 is 1.86 bits per heavy atom. The number of benzene rings is 1. The molecule has 0 bridgehead atoms. The number of rotatable bonds is 11. The molecular formula is C17H29NO3. The van der Waals surface area contributed by atoms with Crippen LogP contribution in [0.4, 0.5) is 0 Å². The van der Waals surface area contributed by atoms with Crippen LogP contribution in [0.5, 0.6) is 11.5 Å². The van der Waals surface area contributed by atoms with Gasteiger partial charge >= 0.3 is 0 Å². The molecule has 1 aromatic rings. The summed E-state index contributed by atoms with van der Waals surface area (Å²) in [6.07, 6.45) is 3.12. The number of methoxy groups -OCH3 is 2. The Labute approximate surface area is 128 Å². The zero-order chi connectivity index (χ0) is 15.5. The lowest BCUT2D eigenvalue weighted by Crippen LogP contribution is -2.33. The third kappa shape index (κ3) is 6.36. The summed E-state index contributed by atoms with van der Waals surface area (Å²) in [6.45, 7) is 6.82. The van der Waals surface area contributed by atoms with Crippen LogP contribution in [0.3, 0.4) is 0 Å². The fraction of sp³-hybridized carbons (Fsp3) is 0.647. The van der Waals surface area contributed by atoms with E-state index in [1.54, 1.807) is 14.2 Å². The molecule has 1 unspecified atom stereocenters. The molecule has 1 aromatic carbocycles. The molecule has 0 saturated heterocycles. The first-order chi connectivity index (χ1) is 10.2. The van der Waals surface area contributed by atoms with E-state index in [0.717, 1.165) is 50.5 Å². The molecule has 0 aliphatic rings. The highest BCUT2D eigenvalue weighted by Crippen LogP contribution is 2.28. The summed E-state index contributed by atoms with van der Waals surface area (Å²) in [5.41, 5.74) is 1.25. The van der Waals surface area contributed by atoms with E-state index < -0.39 is 0 Å². The molecular weight excluding hydrogens is 266 g/mol. The van der Waals surface area contributed by atoms with Crippen LogP contribution in [0.1, 0.15) is 32.3 Å². The lowest BCUT2D eigenvalue weighted by Gasteiger charge is -2.19. The quantitative estimate of drug-likeness (QED) is 0.637. The summed E-state index contributed by atoms with van der Waals surface area (Å²) in [4.78, 5) is 0. The van der Waals surface area contributed by atoms with Crippen LogP contribution >= 0.6 is 0 Å². The molecule has 0 aliphatic heterocycles. The molecule has 0 fully saturated rings. The maximum absolute atomic E-state index is 5.48. The number of ether oxygens (including phenoxy) is 3. The number of hydrogen-bond acceptors (Lipinski definition) is 4. The number of hydrogen-bond donors (Lipinski definition) is 1. The van der Waals surface area contributed by atoms with Crippen LogP contribution in [-0.4, -0.2) is 40.0 Å². The Kier molecular flexibility index (Phi) is 8.87. The summed E-state index contributed by atoms with van der Waals surface area (Å²) >= 11 is 0. The first-order valence-corrected chi connectivity index (χ1v) is 7.77. The van der Waals surface area contributed by atoms with Gasteiger partial charge in [0.25, 0.3) is 0 Å². The van der Waals surface area contributed by atoms with Crippen LogP contribution < -0.4 is 14.8 Å². The molecule has 120 valence electrons. The van der Waals surface area contributed by atoms with Crippen molar-refractivity contribution in [1.29, 1.82) is 0 Å². The molecule has 0 spiro atoms. The third-order valence-corrected chi connectivity index (χ3v) is 3.43. The molecule has 0 aliphatic carbocycles. The van der Waals surface area contributed by atoms with Crippen molar-refractivity contribution in [2.75, 3.05) is 34.0 Å². The summed E-state index contributed by atoms with van der Waals surface area (Å²) in [7, 11) is 3.33. The van der Waals surface area contributed by atoms with Gasteiger partial charge in [-0.05, 0) is 50.4 Å². The molecule has 1 atom stereocenters. The van der Waals surface area contributed by atoms with Gasteiger partial charge in [0.2, 0.25) is 0 Å².